The molecule has 1 aromatic rings. The molecule has 2 saturated carbocycles. The molecule has 0 aromatic carbocycles. The lowest BCUT2D eigenvalue weighted by Crippen LogP contribution is -2.28. The maximum atomic E-state index is 5.80. The van der Waals surface area contributed by atoms with Crippen molar-refractivity contribution in [2.24, 2.45) is 17.8 Å². The number of hydrogen-bond acceptors (Lipinski definition) is 2. The fourth-order valence-electron chi connectivity index (χ4n) is 3.88. The Labute approximate surface area is 114 Å². The topological polar surface area (TPSA) is 16.1 Å². The van der Waals surface area contributed by atoms with E-state index in [-0.39, 0.29) is 0 Å². The van der Waals surface area contributed by atoms with E-state index < -0.39 is 0 Å². The third kappa shape index (κ3) is 2.70. The fraction of sp³-hybridized carbons (Fsp3) is 0.667. The highest BCUT2D eigenvalue weighted by Gasteiger charge is 2.39. The average molecular weight is 265 g/mol. The number of halogens is 1. The average Bonchev–Trinajstić information content (AvgIpc) is 2.94. The first-order valence-electron chi connectivity index (χ1n) is 6.99. The summed E-state index contributed by atoms with van der Waals surface area (Å²) in [4.78, 5) is 6.58. The van der Waals surface area contributed by atoms with Crippen LogP contribution >= 0.6 is 11.6 Å². The predicted octanol–water partition coefficient (Wildman–Crippen LogP) is 3.60. The van der Waals surface area contributed by atoms with Gasteiger partial charge < -0.3 is 4.90 Å². The van der Waals surface area contributed by atoms with Crippen LogP contribution in [0.15, 0.2) is 18.3 Å². The zero-order chi connectivity index (χ0) is 12.5. The molecule has 0 amide bonds. The molecule has 3 heteroatoms. The first-order valence-corrected chi connectivity index (χ1v) is 7.37. The minimum absolute atomic E-state index is 0.578. The number of hydrogen-bond donors (Lipinski definition) is 0. The van der Waals surface area contributed by atoms with E-state index in [1.165, 1.54) is 37.8 Å². The quantitative estimate of drug-likeness (QED) is 0.773. The van der Waals surface area contributed by atoms with Crippen molar-refractivity contribution in [3.8, 4) is 0 Å². The Hall–Kier alpha value is -0.600. The molecule has 18 heavy (non-hydrogen) atoms. The lowest BCUT2D eigenvalue weighted by atomic mass is 9.88. The maximum absolute atomic E-state index is 5.80. The summed E-state index contributed by atoms with van der Waals surface area (Å²) in [5.41, 5.74) is 1.25. The third-order valence-corrected chi connectivity index (χ3v) is 4.90. The van der Waals surface area contributed by atoms with Gasteiger partial charge in [0.05, 0.1) is 0 Å². The van der Waals surface area contributed by atoms with Crippen molar-refractivity contribution < 1.29 is 0 Å². The molecule has 2 aliphatic rings. The van der Waals surface area contributed by atoms with Crippen molar-refractivity contribution in [1.29, 1.82) is 0 Å². The van der Waals surface area contributed by atoms with Crippen LogP contribution in [0.25, 0.3) is 0 Å². The Morgan fingerprint density at radius 2 is 2.22 bits per heavy atom. The van der Waals surface area contributed by atoms with Crippen LogP contribution in [0.4, 0.5) is 0 Å². The number of aromatic nitrogens is 1. The third-order valence-electron chi connectivity index (χ3n) is 4.67. The van der Waals surface area contributed by atoms with Gasteiger partial charge in [0.2, 0.25) is 0 Å². The fourth-order valence-corrected chi connectivity index (χ4v) is 3.99. The van der Waals surface area contributed by atoms with Gasteiger partial charge >= 0.3 is 0 Å². The summed E-state index contributed by atoms with van der Waals surface area (Å²) >= 11 is 5.80. The summed E-state index contributed by atoms with van der Waals surface area (Å²) < 4.78 is 0. The normalized spacial score (nSPS) is 30.3. The van der Waals surface area contributed by atoms with Crippen LogP contribution < -0.4 is 0 Å². The van der Waals surface area contributed by atoms with Crippen LogP contribution in [-0.2, 0) is 6.54 Å². The van der Waals surface area contributed by atoms with E-state index in [0.29, 0.717) is 5.15 Å². The SMILES string of the molecule is CN(Cc1ccc(Cl)nc1)CC1CC2CCC1C2. The van der Waals surface area contributed by atoms with Gasteiger partial charge in [-0.05, 0) is 55.7 Å². The Bertz CT molecular complexity index is 403. The van der Waals surface area contributed by atoms with Crippen molar-refractivity contribution in [3.63, 3.8) is 0 Å². The first kappa shape index (κ1) is 12.4. The molecule has 2 fully saturated rings. The Kier molecular flexibility index (Phi) is 3.58. The van der Waals surface area contributed by atoms with Crippen molar-refractivity contribution in [2.75, 3.05) is 13.6 Å². The van der Waals surface area contributed by atoms with Gasteiger partial charge in [-0.25, -0.2) is 4.98 Å². The second-order valence-corrected chi connectivity index (χ2v) is 6.51. The first-order chi connectivity index (χ1) is 8.70. The van der Waals surface area contributed by atoms with Crippen LogP contribution in [-0.4, -0.2) is 23.5 Å². The molecule has 2 bridgehead atoms. The lowest BCUT2D eigenvalue weighted by Gasteiger charge is -2.27. The van der Waals surface area contributed by atoms with Crippen molar-refractivity contribution in [3.05, 3.63) is 29.0 Å². The van der Waals surface area contributed by atoms with Gasteiger partial charge in [0.15, 0.2) is 0 Å². The molecular formula is C15H21ClN2. The second kappa shape index (κ2) is 5.18. The second-order valence-electron chi connectivity index (χ2n) is 6.12. The van der Waals surface area contributed by atoms with Crippen LogP contribution in [0.5, 0.6) is 0 Å². The zero-order valence-electron chi connectivity index (χ0n) is 11.0. The van der Waals surface area contributed by atoms with E-state index in [1.54, 1.807) is 0 Å². The molecule has 98 valence electrons. The summed E-state index contributed by atoms with van der Waals surface area (Å²) in [7, 11) is 2.22. The molecule has 0 N–H and O–H groups in total. The van der Waals surface area contributed by atoms with Gasteiger partial charge in [-0.2, -0.15) is 0 Å². The van der Waals surface area contributed by atoms with E-state index in [9.17, 15) is 0 Å². The minimum atomic E-state index is 0.578. The summed E-state index contributed by atoms with van der Waals surface area (Å²) in [6.45, 7) is 2.22. The minimum Gasteiger partial charge on any atom is -0.302 e. The highest BCUT2D eigenvalue weighted by atomic mass is 35.5. The molecule has 1 heterocycles. The van der Waals surface area contributed by atoms with Crippen molar-refractivity contribution in [2.45, 2.75) is 32.2 Å². The maximum Gasteiger partial charge on any atom is 0.129 e. The van der Waals surface area contributed by atoms with E-state index >= 15 is 0 Å². The van der Waals surface area contributed by atoms with Crippen molar-refractivity contribution in [1.82, 2.24) is 9.88 Å². The number of pyridine rings is 1. The Morgan fingerprint density at radius 1 is 1.33 bits per heavy atom. The summed E-state index contributed by atoms with van der Waals surface area (Å²) in [6.07, 6.45) is 7.83. The molecule has 1 aromatic heterocycles. The monoisotopic (exact) mass is 264 g/mol. The van der Waals surface area contributed by atoms with Gasteiger partial charge in [0.1, 0.15) is 5.15 Å². The Morgan fingerprint density at radius 3 is 2.83 bits per heavy atom. The van der Waals surface area contributed by atoms with E-state index in [0.717, 1.165) is 24.3 Å². The highest BCUT2D eigenvalue weighted by Crippen LogP contribution is 2.48. The standard InChI is InChI=1S/C15H21ClN2/c1-18(9-12-3-5-15(16)17-8-12)10-14-7-11-2-4-13(14)6-11/h3,5,8,11,13-14H,2,4,6-7,9-10H2,1H3. The molecular weight excluding hydrogens is 244 g/mol. The van der Waals surface area contributed by atoms with Gasteiger partial charge in [0, 0.05) is 19.3 Å². The molecule has 0 spiro atoms. The Balaban J connectivity index is 1.52. The highest BCUT2D eigenvalue weighted by molar-refractivity contribution is 6.29. The molecule has 3 atom stereocenters. The molecule has 3 unspecified atom stereocenters. The van der Waals surface area contributed by atoms with Crippen molar-refractivity contribution >= 4 is 11.6 Å². The van der Waals surface area contributed by atoms with E-state index in [1.807, 2.05) is 12.3 Å². The smallest absolute Gasteiger partial charge is 0.129 e. The number of fused-ring (bicyclic) bond motifs is 2. The molecule has 0 radical (unpaired) electrons. The van der Waals surface area contributed by atoms with Crippen LogP contribution in [0.1, 0.15) is 31.2 Å². The summed E-state index contributed by atoms with van der Waals surface area (Å²) in [5, 5.41) is 0.578. The molecule has 2 aliphatic carbocycles. The van der Waals surface area contributed by atoms with E-state index in [2.05, 4.69) is 23.0 Å². The molecule has 0 aliphatic heterocycles. The molecule has 3 rings (SSSR count). The van der Waals surface area contributed by atoms with Gasteiger partial charge in [-0.3, -0.25) is 0 Å². The lowest BCUT2D eigenvalue weighted by molar-refractivity contribution is 0.214. The van der Waals surface area contributed by atoms with Crippen LogP contribution in [0.2, 0.25) is 5.15 Å². The van der Waals surface area contributed by atoms with Gasteiger partial charge in [0.25, 0.3) is 0 Å². The molecule has 0 saturated heterocycles. The van der Waals surface area contributed by atoms with Crippen LogP contribution in [0, 0.1) is 17.8 Å². The van der Waals surface area contributed by atoms with E-state index in [4.69, 9.17) is 11.6 Å². The largest absolute Gasteiger partial charge is 0.302 e. The zero-order valence-corrected chi connectivity index (χ0v) is 11.7. The predicted molar refractivity (Wildman–Crippen MR) is 74.5 cm³/mol. The number of nitrogens with zero attached hydrogens (tertiary/aromatic N) is 2. The number of rotatable bonds is 4. The summed E-state index contributed by atoms with van der Waals surface area (Å²) in [6, 6.07) is 3.95. The van der Waals surface area contributed by atoms with Gasteiger partial charge in [-0.15, -0.1) is 0 Å². The van der Waals surface area contributed by atoms with Crippen LogP contribution in [0.3, 0.4) is 0 Å². The molecule has 2 nitrogen and oxygen atoms in total. The van der Waals surface area contributed by atoms with Gasteiger partial charge in [-0.1, -0.05) is 24.1 Å². The summed E-state index contributed by atoms with van der Waals surface area (Å²) in [5.74, 6) is 3.00.